The molecule has 3 atom stereocenters. The van der Waals surface area contributed by atoms with Crippen LogP contribution in [-0.4, -0.2) is 12.1 Å². The van der Waals surface area contributed by atoms with Crippen molar-refractivity contribution in [2.75, 3.05) is 0 Å². The molecule has 3 unspecified atom stereocenters. The standard InChI is InChI=1S/C15H18N2O/c18-15(12-4-2-1-3-5-12)17-16-10-14-9-11-6-7-13(14)8-11/h1-5,10-11,13-14H,6-9H2,(H,17,18)/b16-10+. The number of amides is 1. The van der Waals surface area contributed by atoms with E-state index in [1.54, 1.807) is 12.1 Å². The van der Waals surface area contributed by atoms with Crippen molar-refractivity contribution in [1.29, 1.82) is 0 Å². The predicted molar refractivity (Wildman–Crippen MR) is 71.3 cm³/mol. The highest BCUT2D eigenvalue weighted by atomic mass is 16.2. The summed E-state index contributed by atoms with van der Waals surface area (Å²) < 4.78 is 0. The molecular formula is C15H18N2O. The predicted octanol–water partition coefficient (Wildman–Crippen LogP) is 2.84. The van der Waals surface area contributed by atoms with Gasteiger partial charge in [0, 0.05) is 11.8 Å². The highest BCUT2D eigenvalue weighted by molar-refractivity contribution is 5.94. The Labute approximate surface area is 107 Å². The van der Waals surface area contributed by atoms with Gasteiger partial charge in [-0.25, -0.2) is 5.43 Å². The van der Waals surface area contributed by atoms with Crippen molar-refractivity contribution in [3.05, 3.63) is 35.9 Å². The van der Waals surface area contributed by atoms with Crippen molar-refractivity contribution in [3.8, 4) is 0 Å². The molecule has 3 rings (SSSR count). The Morgan fingerprint density at radius 2 is 2.06 bits per heavy atom. The largest absolute Gasteiger partial charge is 0.271 e. The number of nitrogens with one attached hydrogen (secondary N) is 1. The van der Waals surface area contributed by atoms with Crippen LogP contribution in [0.3, 0.4) is 0 Å². The van der Waals surface area contributed by atoms with Gasteiger partial charge in [-0.2, -0.15) is 5.10 Å². The summed E-state index contributed by atoms with van der Waals surface area (Å²) in [6, 6.07) is 9.20. The maximum absolute atomic E-state index is 11.8. The van der Waals surface area contributed by atoms with Gasteiger partial charge in [-0.05, 0) is 49.1 Å². The zero-order valence-corrected chi connectivity index (χ0v) is 10.4. The molecule has 0 radical (unpaired) electrons. The Morgan fingerprint density at radius 1 is 1.22 bits per heavy atom. The van der Waals surface area contributed by atoms with Crippen molar-refractivity contribution in [2.45, 2.75) is 25.7 Å². The monoisotopic (exact) mass is 242 g/mol. The second kappa shape index (κ2) is 4.92. The van der Waals surface area contributed by atoms with E-state index >= 15 is 0 Å². The van der Waals surface area contributed by atoms with Gasteiger partial charge in [0.25, 0.3) is 5.91 Å². The average molecular weight is 242 g/mol. The molecule has 18 heavy (non-hydrogen) atoms. The summed E-state index contributed by atoms with van der Waals surface area (Å²) in [6.45, 7) is 0. The van der Waals surface area contributed by atoms with Crippen LogP contribution in [0.15, 0.2) is 35.4 Å². The molecule has 1 N–H and O–H groups in total. The van der Waals surface area contributed by atoms with E-state index in [0.717, 1.165) is 11.8 Å². The van der Waals surface area contributed by atoms with Crippen LogP contribution in [0.25, 0.3) is 0 Å². The summed E-state index contributed by atoms with van der Waals surface area (Å²) in [6.07, 6.45) is 7.31. The number of rotatable bonds is 3. The number of hydrogen-bond donors (Lipinski definition) is 1. The Morgan fingerprint density at radius 3 is 2.72 bits per heavy atom. The molecule has 0 saturated heterocycles. The smallest absolute Gasteiger partial charge is 0.267 e. The molecule has 2 bridgehead atoms. The first-order valence-electron chi connectivity index (χ1n) is 6.71. The molecule has 3 nitrogen and oxygen atoms in total. The van der Waals surface area contributed by atoms with Crippen molar-refractivity contribution < 1.29 is 4.79 Å². The number of fused-ring (bicyclic) bond motifs is 2. The summed E-state index contributed by atoms with van der Waals surface area (Å²) in [5.41, 5.74) is 3.27. The molecule has 3 heteroatoms. The van der Waals surface area contributed by atoms with Crippen LogP contribution in [0.5, 0.6) is 0 Å². The fourth-order valence-electron chi connectivity index (χ4n) is 3.32. The second-order valence-corrected chi connectivity index (χ2v) is 5.42. The molecule has 94 valence electrons. The number of carbonyl (C=O) groups excluding carboxylic acids is 1. The molecule has 2 fully saturated rings. The van der Waals surface area contributed by atoms with Gasteiger partial charge in [0.15, 0.2) is 0 Å². The van der Waals surface area contributed by atoms with Gasteiger partial charge >= 0.3 is 0 Å². The lowest BCUT2D eigenvalue weighted by molar-refractivity contribution is 0.0955. The summed E-state index contributed by atoms with van der Waals surface area (Å²) in [5, 5.41) is 4.12. The van der Waals surface area contributed by atoms with E-state index in [0.29, 0.717) is 11.5 Å². The third kappa shape index (κ3) is 2.30. The van der Waals surface area contributed by atoms with Crippen LogP contribution in [-0.2, 0) is 0 Å². The zero-order valence-electron chi connectivity index (χ0n) is 10.4. The van der Waals surface area contributed by atoms with E-state index in [4.69, 9.17) is 0 Å². The van der Waals surface area contributed by atoms with Gasteiger partial charge in [-0.3, -0.25) is 4.79 Å². The Balaban J connectivity index is 1.54. The molecule has 1 aromatic carbocycles. The minimum Gasteiger partial charge on any atom is -0.267 e. The van der Waals surface area contributed by atoms with E-state index in [1.807, 2.05) is 24.4 Å². The topological polar surface area (TPSA) is 41.5 Å². The normalized spacial score (nSPS) is 29.9. The van der Waals surface area contributed by atoms with E-state index in [9.17, 15) is 4.79 Å². The number of hydrazone groups is 1. The van der Waals surface area contributed by atoms with Crippen molar-refractivity contribution in [2.24, 2.45) is 22.9 Å². The Bertz CT molecular complexity index is 455. The first kappa shape index (κ1) is 11.5. The van der Waals surface area contributed by atoms with Crippen LogP contribution in [0.4, 0.5) is 0 Å². The lowest BCUT2D eigenvalue weighted by Crippen LogP contribution is -2.19. The lowest BCUT2D eigenvalue weighted by Gasteiger charge is -2.16. The van der Waals surface area contributed by atoms with E-state index in [2.05, 4.69) is 10.5 Å². The second-order valence-electron chi connectivity index (χ2n) is 5.42. The van der Waals surface area contributed by atoms with Crippen molar-refractivity contribution in [1.82, 2.24) is 5.43 Å². The average Bonchev–Trinajstić information content (AvgIpc) is 3.02. The van der Waals surface area contributed by atoms with Gasteiger partial charge in [0.2, 0.25) is 0 Å². The summed E-state index contributed by atoms with van der Waals surface area (Å²) in [5.74, 6) is 2.18. The quantitative estimate of drug-likeness (QED) is 0.642. The summed E-state index contributed by atoms with van der Waals surface area (Å²) >= 11 is 0. The fourth-order valence-corrected chi connectivity index (χ4v) is 3.32. The van der Waals surface area contributed by atoms with E-state index in [1.165, 1.54) is 25.7 Å². The highest BCUT2D eigenvalue weighted by Crippen LogP contribution is 2.47. The Hall–Kier alpha value is -1.64. The maximum atomic E-state index is 11.8. The molecular weight excluding hydrogens is 224 g/mol. The number of hydrogen-bond acceptors (Lipinski definition) is 2. The molecule has 2 saturated carbocycles. The van der Waals surface area contributed by atoms with Crippen molar-refractivity contribution >= 4 is 12.1 Å². The summed E-state index contributed by atoms with van der Waals surface area (Å²) in [4.78, 5) is 11.8. The van der Waals surface area contributed by atoms with Gasteiger partial charge in [-0.15, -0.1) is 0 Å². The molecule has 0 spiro atoms. The van der Waals surface area contributed by atoms with E-state index in [-0.39, 0.29) is 5.91 Å². The third-order valence-corrected chi connectivity index (χ3v) is 4.26. The number of carbonyl (C=O) groups is 1. The Kier molecular flexibility index (Phi) is 3.13. The van der Waals surface area contributed by atoms with Crippen LogP contribution >= 0.6 is 0 Å². The molecule has 1 amide bonds. The number of nitrogens with zero attached hydrogens (tertiary/aromatic N) is 1. The fraction of sp³-hybridized carbons (Fsp3) is 0.467. The van der Waals surface area contributed by atoms with Gasteiger partial charge < -0.3 is 0 Å². The molecule has 2 aliphatic carbocycles. The molecule has 0 heterocycles. The van der Waals surface area contributed by atoms with E-state index < -0.39 is 0 Å². The molecule has 1 aromatic rings. The highest BCUT2D eigenvalue weighted by Gasteiger charge is 2.38. The minimum atomic E-state index is -0.130. The van der Waals surface area contributed by atoms with Crippen LogP contribution < -0.4 is 5.43 Å². The van der Waals surface area contributed by atoms with Gasteiger partial charge in [0.1, 0.15) is 0 Å². The molecule has 0 aromatic heterocycles. The first-order valence-corrected chi connectivity index (χ1v) is 6.71. The SMILES string of the molecule is O=C(N/N=C/C1CC2CCC1C2)c1ccccc1. The summed E-state index contributed by atoms with van der Waals surface area (Å²) in [7, 11) is 0. The van der Waals surface area contributed by atoms with Gasteiger partial charge in [0.05, 0.1) is 0 Å². The van der Waals surface area contributed by atoms with Crippen LogP contribution in [0.1, 0.15) is 36.0 Å². The minimum absolute atomic E-state index is 0.130. The van der Waals surface area contributed by atoms with Crippen molar-refractivity contribution in [3.63, 3.8) is 0 Å². The van der Waals surface area contributed by atoms with Gasteiger partial charge in [-0.1, -0.05) is 24.6 Å². The maximum Gasteiger partial charge on any atom is 0.271 e. The lowest BCUT2D eigenvalue weighted by atomic mass is 9.90. The first-order chi connectivity index (χ1) is 8.83. The number of benzene rings is 1. The molecule has 2 aliphatic rings. The van der Waals surface area contributed by atoms with Crippen LogP contribution in [0, 0.1) is 17.8 Å². The molecule has 0 aliphatic heterocycles. The zero-order chi connectivity index (χ0) is 12.4. The third-order valence-electron chi connectivity index (χ3n) is 4.26. The van der Waals surface area contributed by atoms with Crippen LogP contribution in [0.2, 0.25) is 0 Å².